The molecule has 1 saturated heterocycles. The Morgan fingerprint density at radius 3 is 2.45 bits per heavy atom. The molecule has 0 saturated carbocycles. The quantitative estimate of drug-likeness (QED) is 0.411. The number of hydrogen-bond donors (Lipinski definition) is 1. The second-order valence-corrected chi connectivity index (χ2v) is 8.00. The van der Waals surface area contributed by atoms with Crippen LogP contribution in [0, 0.1) is 10.1 Å². The summed E-state index contributed by atoms with van der Waals surface area (Å²) in [5, 5.41) is 22.1. The molecule has 1 fully saturated rings. The van der Waals surface area contributed by atoms with Gasteiger partial charge in [0.1, 0.15) is 0 Å². The molecule has 33 heavy (non-hydrogen) atoms. The zero-order chi connectivity index (χ0) is 23.2. The number of nitrogens with one attached hydrogen (secondary N) is 1. The molecular weight excluding hydrogens is 424 g/mol. The Hall–Kier alpha value is -3.63. The van der Waals surface area contributed by atoms with Gasteiger partial charge in [0.25, 0.3) is 5.69 Å². The number of non-ortho nitro benzene ring substituents is 1. The standard InChI is InChI=1S/C23H26N6O4/c1-17(22-25-26-23(33-22)19-7-9-20(10-8-19)29(31)32)28-13-11-27(12-14-28)16-21(30)24-15-18-5-3-2-4-6-18/h2-10,17H,11-16H2,1H3,(H,24,30). The van der Waals surface area contributed by atoms with Gasteiger partial charge >= 0.3 is 0 Å². The second-order valence-electron chi connectivity index (χ2n) is 8.00. The van der Waals surface area contributed by atoms with E-state index in [1.807, 2.05) is 37.3 Å². The Balaban J connectivity index is 1.26. The molecule has 2 aromatic carbocycles. The number of carbonyl (C=O) groups is 1. The van der Waals surface area contributed by atoms with E-state index >= 15 is 0 Å². The van der Waals surface area contributed by atoms with Crippen LogP contribution in [0.25, 0.3) is 11.5 Å². The van der Waals surface area contributed by atoms with Crippen molar-refractivity contribution in [2.75, 3.05) is 32.7 Å². The maximum atomic E-state index is 12.3. The van der Waals surface area contributed by atoms with E-state index in [2.05, 4.69) is 25.3 Å². The Kier molecular flexibility index (Phi) is 7.06. The fraction of sp³-hybridized carbons (Fsp3) is 0.348. The Morgan fingerprint density at radius 2 is 1.79 bits per heavy atom. The summed E-state index contributed by atoms with van der Waals surface area (Å²) in [6.45, 7) is 6.02. The van der Waals surface area contributed by atoms with Crippen molar-refractivity contribution in [3.05, 3.63) is 76.2 Å². The van der Waals surface area contributed by atoms with Crippen LogP contribution < -0.4 is 5.32 Å². The summed E-state index contributed by atoms with van der Waals surface area (Å²) in [6, 6.07) is 15.8. The molecule has 172 valence electrons. The lowest BCUT2D eigenvalue weighted by Gasteiger charge is -2.36. The molecule has 0 spiro atoms. The zero-order valence-electron chi connectivity index (χ0n) is 18.4. The fourth-order valence-corrected chi connectivity index (χ4v) is 3.77. The fourth-order valence-electron chi connectivity index (χ4n) is 3.77. The molecule has 4 rings (SSSR count). The molecule has 0 radical (unpaired) electrons. The summed E-state index contributed by atoms with van der Waals surface area (Å²) >= 11 is 0. The molecule has 0 aliphatic carbocycles. The number of benzene rings is 2. The summed E-state index contributed by atoms with van der Waals surface area (Å²) < 4.78 is 5.84. The SMILES string of the molecule is CC(c1nnc(-c2ccc([N+](=O)[O-])cc2)o1)N1CCN(CC(=O)NCc2ccccc2)CC1. The van der Waals surface area contributed by atoms with Crippen molar-refractivity contribution in [1.82, 2.24) is 25.3 Å². The molecule has 1 unspecified atom stereocenters. The minimum absolute atomic E-state index is 0.0125. The van der Waals surface area contributed by atoms with Gasteiger partial charge in [-0.05, 0) is 24.6 Å². The van der Waals surface area contributed by atoms with Crippen LogP contribution in [-0.2, 0) is 11.3 Å². The first-order chi connectivity index (χ1) is 16.0. The minimum Gasteiger partial charge on any atom is -0.419 e. The van der Waals surface area contributed by atoms with Crippen LogP contribution in [0.3, 0.4) is 0 Å². The van der Waals surface area contributed by atoms with Gasteiger partial charge in [-0.3, -0.25) is 24.7 Å². The second kappa shape index (κ2) is 10.3. The largest absolute Gasteiger partial charge is 0.419 e. The van der Waals surface area contributed by atoms with Gasteiger partial charge in [-0.2, -0.15) is 0 Å². The van der Waals surface area contributed by atoms with E-state index in [-0.39, 0.29) is 17.6 Å². The van der Waals surface area contributed by atoms with Crippen molar-refractivity contribution in [3.63, 3.8) is 0 Å². The van der Waals surface area contributed by atoms with Crippen LogP contribution in [0.4, 0.5) is 5.69 Å². The number of nitro benzene ring substituents is 1. The highest BCUT2D eigenvalue weighted by Gasteiger charge is 2.26. The van der Waals surface area contributed by atoms with Crippen molar-refractivity contribution in [2.45, 2.75) is 19.5 Å². The first-order valence-corrected chi connectivity index (χ1v) is 10.8. The summed E-state index contributed by atoms with van der Waals surface area (Å²) in [6.07, 6.45) is 0. The highest BCUT2D eigenvalue weighted by molar-refractivity contribution is 5.78. The predicted molar refractivity (Wildman–Crippen MR) is 121 cm³/mol. The first-order valence-electron chi connectivity index (χ1n) is 10.8. The third-order valence-electron chi connectivity index (χ3n) is 5.78. The summed E-state index contributed by atoms with van der Waals surface area (Å²) in [5.41, 5.74) is 1.73. The molecule has 1 atom stereocenters. The van der Waals surface area contributed by atoms with Crippen LogP contribution in [0.5, 0.6) is 0 Å². The van der Waals surface area contributed by atoms with E-state index in [0.717, 1.165) is 31.7 Å². The molecule has 1 N–H and O–H groups in total. The van der Waals surface area contributed by atoms with Gasteiger partial charge in [0.2, 0.25) is 17.7 Å². The predicted octanol–water partition coefficient (Wildman–Crippen LogP) is 2.64. The maximum Gasteiger partial charge on any atom is 0.269 e. The topological polar surface area (TPSA) is 118 Å². The smallest absolute Gasteiger partial charge is 0.269 e. The highest BCUT2D eigenvalue weighted by Crippen LogP contribution is 2.26. The van der Waals surface area contributed by atoms with E-state index in [1.165, 1.54) is 12.1 Å². The molecule has 1 aliphatic heterocycles. The number of nitro groups is 1. The number of hydrogen-bond acceptors (Lipinski definition) is 8. The maximum absolute atomic E-state index is 12.3. The molecule has 0 bridgehead atoms. The van der Waals surface area contributed by atoms with E-state index in [0.29, 0.717) is 30.4 Å². The molecule has 10 heteroatoms. The van der Waals surface area contributed by atoms with Crippen LogP contribution in [0.15, 0.2) is 59.0 Å². The molecule has 1 aromatic heterocycles. The number of piperazine rings is 1. The lowest BCUT2D eigenvalue weighted by molar-refractivity contribution is -0.384. The zero-order valence-corrected chi connectivity index (χ0v) is 18.4. The lowest BCUT2D eigenvalue weighted by atomic mass is 10.2. The van der Waals surface area contributed by atoms with Crippen molar-refractivity contribution in [2.24, 2.45) is 0 Å². The molecule has 1 amide bonds. The average Bonchev–Trinajstić information content (AvgIpc) is 3.34. The third kappa shape index (κ3) is 5.79. The van der Waals surface area contributed by atoms with E-state index in [9.17, 15) is 14.9 Å². The highest BCUT2D eigenvalue weighted by atomic mass is 16.6. The average molecular weight is 450 g/mol. The molecule has 3 aromatic rings. The Labute approximate surface area is 191 Å². The number of carbonyl (C=O) groups excluding carboxylic acids is 1. The minimum atomic E-state index is -0.447. The number of aromatic nitrogens is 2. The molecule has 1 aliphatic rings. The van der Waals surface area contributed by atoms with Crippen molar-refractivity contribution < 1.29 is 14.1 Å². The van der Waals surface area contributed by atoms with Crippen LogP contribution in [-0.4, -0.2) is 63.6 Å². The van der Waals surface area contributed by atoms with Gasteiger partial charge in [-0.25, -0.2) is 0 Å². The van der Waals surface area contributed by atoms with Gasteiger partial charge in [-0.15, -0.1) is 10.2 Å². The van der Waals surface area contributed by atoms with E-state index < -0.39 is 4.92 Å². The number of nitrogens with zero attached hydrogens (tertiary/aromatic N) is 5. The van der Waals surface area contributed by atoms with Crippen molar-refractivity contribution in [1.29, 1.82) is 0 Å². The van der Waals surface area contributed by atoms with Crippen LogP contribution in [0.1, 0.15) is 24.4 Å². The number of amides is 1. The first kappa shape index (κ1) is 22.6. The van der Waals surface area contributed by atoms with Gasteiger partial charge in [0.05, 0.1) is 17.5 Å². The summed E-state index contributed by atoms with van der Waals surface area (Å²) in [7, 11) is 0. The van der Waals surface area contributed by atoms with E-state index in [1.54, 1.807) is 12.1 Å². The van der Waals surface area contributed by atoms with Crippen molar-refractivity contribution >= 4 is 11.6 Å². The number of rotatable bonds is 8. The van der Waals surface area contributed by atoms with Gasteiger partial charge in [-0.1, -0.05) is 30.3 Å². The van der Waals surface area contributed by atoms with Gasteiger partial charge in [0.15, 0.2) is 0 Å². The Bertz CT molecular complexity index is 1080. The lowest BCUT2D eigenvalue weighted by Crippen LogP contribution is -2.49. The molecule has 10 nitrogen and oxygen atoms in total. The van der Waals surface area contributed by atoms with Gasteiger partial charge in [0, 0.05) is 50.4 Å². The van der Waals surface area contributed by atoms with Crippen LogP contribution in [0.2, 0.25) is 0 Å². The normalized spacial score (nSPS) is 15.8. The van der Waals surface area contributed by atoms with Crippen molar-refractivity contribution in [3.8, 4) is 11.5 Å². The van der Waals surface area contributed by atoms with Crippen LogP contribution >= 0.6 is 0 Å². The monoisotopic (exact) mass is 450 g/mol. The Morgan fingerprint density at radius 1 is 1.09 bits per heavy atom. The summed E-state index contributed by atoms with van der Waals surface area (Å²) in [4.78, 5) is 27.0. The summed E-state index contributed by atoms with van der Waals surface area (Å²) in [5.74, 6) is 0.850. The molecule has 2 heterocycles. The third-order valence-corrected chi connectivity index (χ3v) is 5.78. The van der Waals surface area contributed by atoms with E-state index in [4.69, 9.17) is 4.42 Å². The molecular formula is C23H26N6O4. The van der Waals surface area contributed by atoms with Gasteiger partial charge < -0.3 is 9.73 Å².